The molecule has 8 nitrogen and oxygen atoms in total. The zero-order valence-electron chi connectivity index (χ0n) is 21.9. The number of nitrogens with zero attached hydrogens (tertiary/aromatic N) is 3. The summed E-state index contributed by atoms with van der Waals surface area (Å²) in [4.78, 5) is 38.3. The molecule has 3 heterocycles. The van der Waals surface area contributed by atoms with Crippen molar-refractivity contribution in [3.05, 3.63) is 29.5 Å². The first-order valence-corrected chi connectivity index (χ1v) is 13.3. The summed E-state index contributed by atoms with van der Waals surface area (Å²) in [7, 11) is 1.93. The normalized spacial score (nSPS) is 23.2. The first-order chi connectivity index (χ1) is 17.0. The summed E-state index contributed by atoms with van der Waals surface area (Å²) in [5.41, 5.74) is 3.02. The van der Waals surface area contributed by atoms with Gasteiger partial charge in [-0.2, -0.15) is 5.10 Å². The topological polar surface area (TPSA) is 93.5 Å². The van der Waals surface area contributed by atoms with Gasteiger partial charge in [-0.1, -0.05) is 12.1 Å². The van der Waals surface area contributed by atoms with Gasteiger partial charge in [0.2, 0.25) is 11.8 Å². The monoisotopic (exact) mass is 494 g/mol. The van der Waals surface area contributed by atoms with Gasteiger partial charge < -0.3 is 9.64 Å². The maximum absolute atomic E-state index is 12.5. The molecule has 1 N–H and O–H groups in total. The highest BCUT2D eigenvalue weighted by molar-refractivity contribution is 6.02. The summed E-state index contributed by atoms with van der Waals surface area (Å²) in [5.74, 6) is -0.314. The summed E-state index contributed by atoms with van der Waals surface area (Å²) in [6.07, 6.45) is 7.44. The lowest BCUT2D eigenvalue weighted by atomic mass is 9.64. The molecule has 36 heavy (non-hydrogen) atoms. The van der Waals surface area contributed by atoms with Crippen molar-refractivity contribution in [2.75, 3.05) is 13.1 Å². The zero-order chi connectivity index (χ0) is 25.7. The number of aromatic nitrogens is 2. The zero-order valence-corrected chi connectivity index (χ0v) is 21.9. The highest BCUT2D eigenvalue weighted by Gasteiger charge is 2.40. The van der Waals surface area contributed by atoms with Crippen LogP contribution in [0.4, 0.5) is 4.79 Å². The first kappa shape index (κ1) is 24.8. The molecular formula is C28H38N4O4. The predicted octanol–water partition coefficient (Wildman–Crippen LogP) is 4.77. The lowest BCUT2D eigenvalue weighted by Gasteiger charge is -2.46. The van der Waals surface area contributed by atoms with Gasteiger partial charge in [0.1, 0.15) is 5.60 Å². The Morgan fingerprint density at radius 3 is 2.42 bits per heavy atom. The predicted molar refractivity (Wildman–Crippen MR) is 137 cm³/mol. The van der Waals surface area contributed by atoms with Crippen LogP contribution in [-0.2, 0) is 21.4 Å². The number of carbonyl (C=O) groups excluding carboxylic acids is 3. The summed E-state index contributed by atoms with van der Waals surface area (Å²) in [6, 6.07) is 6.55. The lowest BCUT2D eigenvalue weighted by Crippen LogP contribution is -2.46. The maximum atomic E-state index is 12.5. The van der Waals surface area contributed by atoms with Crippen LogP contribution in [0.1, 0.15) is 95.2 Å². The average molecular weight is 495 g/mol. The number of nitrogens with one attached hydrogen (secondary N) is 1. The molecule has 1 saturated carbocycles. The van der Waals surface area contributed by atoms with E-state index in [9.17, 15) is 14.4 Å². The van der Waals surface area contributed by atoms with Crippen LogP contribution in [0.15, 0.2) is 18.2 Å². The molecule has 2 saturated heterocycles. The van der Waals surface area contributed by atoms with Gasteiger partial charge in [0.25, 0.3) is 0 Å². The van der Waals surface area contributed by atoms with Crippen molar-refractivity contribution >= 4 is 28.8 Å². The van der Waals surface area contributed by atoms with Crippen LogP contribution in [0.25, 0.3) is 10.9 Å². The van der Waals surface area contributed by atoms with E-state index in [0.29, 0.717) is 24.2 Å². The van der Waals surface area contributed by atoms with Crippen LogP contribution < -0.4 is 5.32 Å². The molecule has 1 aromatic carbocycles. The summed E-state index contributed by atoms with van der Waals surface area (Å²) >= 11 is 0. The number of fused-ring (bicyclic) bond motifs is 1. The fourth-order valence-corrected chi connectivity index (χ4v) is 6.32. The van der Waals surface area contributed by atoms with Gasteiger partial charge in [0, 0.05) is 31.9 Å². The minimum atomic E-state index is -0.456. The van der Waals surface area contributed by atoms with Crippen LogP contribution >= 0.6 is 0 Å². The van der Waals surface area contributed by atoms with Gasteiger partial charge in [-0.05, 0) is 88.7 Å². The molecule has 5 rings (SSSR count). The minimum Gasteiger partial charge on any atom is -0.444 e. The van der Waals surface area contributed by atoms with Crippen LogP contribution in [-0.4, -0.2) is 51.3 Å². The third-order valence-corrected chi connectivity index (χ3v) is 8.47. The number of carbonyl (C=O) groups is 3. The molecule has 1 unspecified atom stereocenters. The molecule has 1 spiro atoms. The summed E-state index contributed by atoms with van der Waals surface area (Å²) < 4.78 is 7.44. The van der Waals surface area contributed by atoms with Gasteiger partial charge in [-0.15, -0.1) is 0 Å². The lowest BCUT2D eigenvalue weighted by molar-refractivity contribution is -0.134. The Bertz CT molecular complexity index is 1180. The third-order valence-electron chi connectivity index (χ3n) is 8.47. The SMILES string of the molecule is Cn1nc(C2CCC(=O)NC2=O)c2ccc(C3CCC4(CC3)CCN(C(=O)OC(C)(C)C)CC4)cc21. The van der Waals surface area contributed by atoms with Gasteiger partial charge in [0.15, 0.2) is 0 Å². The van der Waals surface area contributed by atoms with E-state index in [1.807, 2.05) is 37.4 Å². The fraction of sp³-hybridized carbons (Fsp3) is 0.643. The Morgan fingerprint density at radius 2 is 1.78 bits per heavy atom. The van der Waals surface area contributed by atoms with E-state index in [4.69, 9.17) is 4.74 Å². The summed E-state index contributed by atoms with van der Waals surface area (Å²) in [6.45, 7) is 7.30. The number of rotatable bonds is 2. The highest BCUT2D eigenvalue weighted by Crippen LogP contribution is 2.49. The van der Waals surface area contributed by atoms with E-state index in [0.717, 1.165) is 55.4 Å². The summed E-state index contributed by atoms with van der Waals surface area (Å²) in [5, 5.41) is 8.14. The van der Waals surface area contributed by atoms with E-state index in [2.05, 4.69) is 28.6 Å². The standard InChI is InChI=1S/C28H38N4O4/c1-27(2,3)36-26(35)32-15-13-28(14-16-32)11-9-18(10-12-28)19-5-6-20-22(17-19)31(4)30-24(20)21-7-8-23(33)29-25(21)34/h5-6,17-18,21H,7-16H2,1-4H3,(H,29,33,34). The molecule has 1 aromatic heterocycles. The van der Waals surface area contributed by atoms with Crippen LogP contribution in [0, 0.1) is 5.41 Å². The second-order valence-electron chi connectivity index (χ2n) is 12.0. The number of hydrogen-bond donors (Lipinski definition) is 1. The number of imide groups is 1. The first-order valence-electron chi connectivity index (χ1n) is 13.3. The number of piperidine rings is 2. The Kier molecular flexibility index (Phi) is 6.33. The molecule has 8 heteroatoms. The maximum Gasteiger partial charge on any atom is 0.410 e. The average Bonchev–Trinajstić information content (AvgIpc) is 3.14. The number of hydrogen-bond acceptors (Lipinski definition) is 5. The Labute approximate surface area is 212 Å². The van der Waals surface area contributed by atoms with Gasteiger partial charge in [-0.25, -0.2) is 4.79 Å². The van der Waals surface area contributed by atoms with Crippen molar-refractivity contribution in [2.45, 2.75) is 89.6 Å². The van der Waals surface area contributed by atoms with Crippen molar-refractivity contribution in [3.63, 3.8) is 0 Å². The van der Waals surface area contributed by atoms with E-state index >= 15 is 0 Å². The second-order valence-corrected chi connectivity index (χ2v) is 12.0. The molecule has 0 bridgehead atoms. The molecule has 3 amide bonds. The molecular weight excluding hydrogens is 456 g/mol. The van der Waals surface area contributed by atoms with Crippen molar-refractivity contribution in [1.29, 1.82) is 0 Å². The van der Waals surface area contributed by atoms with Crippen LogP contribution in [0.5, 0.6) is 0 Å². The van der Waals surface area contributed by atoms with Crippen molar-refractivity contribution in [3.8, 4) is 0 Å². The minimum absolute atomic E-state index is 0.188. The molecule has 0 radical (unpaired) electrons. The molecule has 1 atom stereocenters. The Morgan fingerprint density at radius 1 is 1.08 bits per heavy atom. The van der Waals surface area contributed by atoms with Crippen molar-refractivity contribution in [1.82, 2.24) is 20.0 Å². The fourth-order valence-electron chi connectivity index (χ4n) is 6.32. The molecule has 3 fully saturated rings. The number of amides is 3. The Balaban J connectivity index is 1.23. The van der Waals surface area contributed by atoms with E-state index in [1.54, 1.807) is 0 Å². The van der Waals surface area contributed by atoms with Crippen LogP contribution in [0.2, 0.25) is 0 Å². The van der Waals surface area contributed by atoms with E-state index in [1.165, 1.54) is 18.4 Å². The number of benzene rings is 1. The van der Waals surface area contributed by atoms with Crippen LogP contribution in [0.3, 0.4) is 0 Å². The highest BCUT2D eigenvalue weighted by atomic mass is 16.6. The van der Waals surface area contributed by atoms with Gasteiger partial charge in [-0.3, -0.25) is 19.6 Å². The van der Waals surface area contributed by atoms with Gasteiger partial charge >= 0.3 is 6.09 Å². The van der Waals surface area contributed by atoms with E-state index < -0.39 is 5.60 Å². The third kappa shape index (κ3) is 4.87. The van der Waals surface area contributed by atoms with Gasteiger partial charge in [0.05, 0.1) is 17.1 Å². The smallest absolute Gasteiger partial charge is 0.410 e. The number of aryl methyl sites for hydroxylation is 1. The molecule has 3 aliphatic rings. The molecule has 2 aliphatic heterocycles. The number of ether oxygens (including phenoxy) is 1. The van der Waals surface area contributed by atoms with E-state index in [-0.39, 0.29) is 23.8 Å². The van der Waals surface area contributed by atoms with Crippen molar-refractivity contribution < 1.29 is 19.1 Å². The Hall–Kier alpha value is -2.90. The molecule has 194 valence electrons. The molecule has 1 aliphatic carbocycles. The quantitative estimate of drug-likeness (QED) is 0.607. The molecule has 2 aromatic rings. The van der Waals surface area contributed by atoms with Crippen molar-refractivity contribution in [2.24, 2.45) is 12.5 Å². The second kappa shape index (κ2) is 9.20. The number of likely N-dealkylation sites (tertiary alicyclic amines) is 1. The largest absolute Gasteiger partial charge is 0.444 e.